The van der Waals surface area contributed by atoms with Gasteiger partial charge in [0.25, 0.3) is 0 Å². The van der Waals surface area contributed by atoms with Gasteiger partial charge >= 0.3 is 12.1 Å². The van der Waals surface area contributed by atoms with Crippen molar-refractivity contribution < 1.29 is 18.7 Å². The van der Waals surface area contributed by atoms with Crippen molar-refractivity contribution in [2.75, 3.05) is 52.6 Å². The van der Waals surface area contributed by atoms with E-state index < -0.39 is 6.67 Å². The van der Waals surface area contributed by atoms with Crippen molar-refractivity contribution in [3.05, 3.63) is 0 Å². The van der Waals surface area contributed by atoms with Crippen LogP contribution in [0.1, 0.15) is 51.9 Å². The molecule has 0 aromatic heterocycles. The van der Waals surface area contributed by atoms with E-state index in [0.29, 0.717) is 30.0 Å². The predicted molar refractivity (Wildman–Crippen MR) is 112 cm³/mol. The summed E-state index contributed by atoms with van der Waals surface area (Å²) in [5, 5.41) is 2.70. The number of nitrogens with zero attached hydrogens (tertiary/aromatic N) is 3. The van der Waals surface area contributed by atoms with Crippen LogP contribution in [0, 0.1) is 11.3 Å². The fourth-order valence-corrected chi connectivity index (χ4v) is 6.30. The van der Waals surface area contributed by atoms with E-state index in [-0.39, 0.29) is 18.7 Å². The highest BCUT2D eigenvalue weighted by atomic mass is 19.1. The highest BCUT2D eigenvalue weighted by Gasteiger charge is 2.51. The topological polar surface area (TPSA) is 65.1 Å². The highest BCUT2D eigenvalue weighted by Crippen LogP contribution is 2.51. The lowest BCUT2D eigenvalue weighted by Crippen LogP contribution is -2.55. The van der Waals surface area contributed by atoms with E-state index in [1.165, 1.54) is 12.8 Å². The summed E-state index contributed by atoms with van der Waals surface area (Å²) in [6.45, 7) is 6.57. The van der Waals surface area contributed by atoms with Crippen molar-refractivity contribution in [2.24, 2.45) is 11.3 Å². The molecule has 30 heavy (non-hydrogen) atoms. The molecule has 3 amide bonds. The minimum atomic E-state index is -0.511. The lowest BCUT2D eigenvalue weighted by molar-refractivity contribution is -0.0144. The normalized spacial score (nSPS) is 32.5. The second kappa shape index (κ2) is 9.28. The van der Waals surface area contributed by atoms with Crippen LogP contribution in [-0.4, -0.2) is 91.5 Å². The van der Waals surface area contributed by atoms with Gasteiger partial charge in [0.2, 0.25) is 0 Å². The Bertz CT molecular complexity index is 620. The summed E-state index contributed by atoms with van der Waals surface area (Å²) in [4.78, 5) is 30.8. The lowest BCUT2D eigenvalue weighted by atomic mass is 9.64. The molecule has 4 fully saturated rings. The summed E-state index contributed by atoms with van der Waals surface area (Å²) in [5.41, 5.74) is 0.311. The molecule has 1 spiro atoms. The first kappa shape index (κ1) is 21.7. The maximum absolute atomic E-state index is 12.4. The molecule has 0 bridgehead atoms. The van der Waals surface area contributed by atoms with Gasteiger partial charge in [-0.2, -0.15) is 0 Å². The van der Waals surface area contributed by atoms with Crippen LogP contribution in [0.15, 0.2) is 0 Å². The molecule has 0 aromatic carbocycles. The molecule has 1 N–H and O–H groups in total. The van der Waals surface area contributed by atoms with Gasteiger partial charge in [0.1, 0.15) is 6.67 Å². The van der Waals surface area contributed by atoms with Crippen LogP contribution in [0.4, 0.5) is 14.0 Å². The van der Waals surface area contributed by atoms with Crippen LogP contribution in [0.25, 0.3) is 0 Å². The molecule has 4 rings (SSSR count). The van der Waals surface area contributed by atoms with Crippen LogP contribution in [0.3, 0.4) is 0 Å². The monoisotopic (exact) mass is 424 g/mol. The van der Waals surface area contributed by atoms with Crippen molar-refractivity contribution in [3.63, 3.8) is 0 Å². The number of nitrogens with one attached hydrogen (secondary N) is 1. The Hall–Kier alpha value is -1.57. The lowest BCUT2D eigenvalue weighted by Gasteiger charge is -2.52. The van der Waals surface area contributed by atoms with Gasteiger partial charge in [-0.15, -0.1) is 0 Å². The Morgan fingerprint density at radius 2 is 1.90 bits per heavy atom. The van der Waals surface area contributed by atoms with E-state index in [0.717, 1.165) is 64.8 Å². The van der Waals surface area contributed by atoms with Gasteiger partial charge in [0, 0.05) is 38.3 Å². The number of alkyl halides is 1. The molecule has 0 radical (unpaired) electrons. The number of piperidine rings is 1. The fourth-order valence-electron chi connectivity index (χ4n) is 6.30. The average molecular weight is 425 g/mol. The number of carbonyl (C=O) groups excluding carboxylic acids is 2. The maximum atomic E-state index is 12.4. The molecule has 1 aliphatic carbocycles. The molecular weight excluding hydrogens is 387 g/mol. The van der Waals surface area contributed by atoms with Gasteiger partial charge in [-0.1, -0.05) is 0 Å². The third kappa shape index (κ3) is 4.39. The Morgan fingerprint density at radius 1 is 1.13 bits per heavy atom. The summed E-state index contributed by atoms with van der Waals surface area (Å²) < 4.78 is 17.6. The zero-order valence-corrected chi connectivity index (χ0v) is 18.3. The Balaban J connectivity index is 1.21. The molecule has 4 aliphatic rings. The molecule has 170 valence electrons. The average Bonchev–Trinajstić information content (AvgIpc) is 3.39. The van der Waals surface area contributed by atoms with Crippen molar-refractivity contribution in [3.8, 4) is 0 Å². The zero-order valence-electron chi connectivity index (χ0n) is 18.3. The van der Waals surface area contributed by atoms with Gasteiger partial charge < -0.3 is 24.8 Å². The first-order chi connectivity index (χ1) is 14.5. The molecule has 0 unspecified atom stereocenters. The standard InChI is InChI=1S/C22H37FN4O3/c1-2-30-21(29)26-13-7-22(16-26)14-18(15-22)25-11-5-17(6-12-25)19-4-3-10-27(19)20(28)24-9-8-23/h17-19H,2-16H2,1H3,(H,24,28)/t18?,19-,22?/m0/s1. The molecule has 1 saturated carbocycles. The van der Waals surface area contributed by atoms with E-state index >= 15 is 0 Å². The molecule has 8 heteroatoms. The second-order valence-electron chi connectivity index (χ2n) is 9.63. The zero-order chi connectivity index (χ0) is 21.1. The van der Waals surface area contributed by atoms with Crippen LogP contribution < -0.4 is 5.32 Å². The number of rotatable bonds is 5. The minimum absolute atomic E-state index is 0.0918. The summed E-state index contributed by atoms with van der Waals surface area (Å²) >= 11 is 0. The SMILES string of the molecule is CCOC(=O)N1CCC2(CC(N3CCC([C@@H]4CCCN4C(=O)NCCF)CC3)C2)C1. The van der Waals surface area contributed by atoms with Gasteiger partial charge in [-0.25, -0.2) is 14.0 Å². The smallest absolute Gasteiger partial charge is 0.409 e. The Kier molecular flexibility index (Phi) is 6.70. The molecule has 3 aliphatic heterocycles. The predicted octanol–water partition coefficient (Wildman–Crippen LogP) is 2.85. The van der Waals surface area contributed by atoms with Crippen molar-refractivity contribution >= 4 is 12.1 Å². The van der Waals surface area contributed by atoms with Crippen LogP contribution in [-0.2, 0) is 4.74 Å². The third-order valence-electron chi connectivity index (χ3n) is 7.87. The third-order valence-corrected chi connectivity index (χ3v) is 7.87. The number of carbonyl (C=O) groups is 2. The van der Waals surface area contributed by atoms with Gasteiger partial charge in [-0.05, 0) is 76.3 Å². The highest BCUT2D eigenvalue weighted by molar-refractivity contribution is 5.74. The molecule has 3 saturated heterocycles. The summed E-state index contributed by atoms with van der Waals surface area (Å²) in [5.74, 6) is 0.555. The van der Waals surface area contributed by atoms with E-state index in [1.807, 2.05) is 16.7 Å². The quantitative estimate of drug-likeness (QED) is 0.737. The fraction of sp³-hybridized carbons (Fsp3) is 0.909. The Morgan fingerprint density at radius 3 is 2.60 bits per heavy atom. The van der Waals surface area contributed by atoms with Gasteiger partial charge in [-0.3, -0.25) is 0 Å². The maximum Gasteiger partial charge on any atom is 0.409 e. The van der Waals surface area contributed by atoms with E-state index in [4.69, 9.17) is 4.74 Å². The van der Waals surface area contributed by atoms with E-state index in [1.54, 1.807) is 0 Å². The number of ether oxygens (including phenoxy) is 1. The van der Waals surface area contributed by atoms with E-state index in [9.17, 15) is 14.0 Å². The van der Waals surface area contributed by atoms with Crippen LogP contribution in [0.2, 0.25) is 0 Å². The van der Waals surface area contributed by atoms with Gasteiger partial charge in [0.15, 0.2) is 0 Å². The molecular formula is C22H37FN4O3. The first-order valence-corrected chi connectivity index (χ1v) is 11.8. The number of halogens is 1. The molecule has 0 aromatic rings. The molecule has 3 heterocycles. The van der Waals surface area contributed by atoms with Crippen molar-refractivity contribution in [1.29, 1.82) is 0 Å². The molecule has 1 atom stereocenters. The molecule has 7 nitrogen and oxygen atoms in total. The largest absolute Gasteiger partial charge is 0.450 e. The van der Waals surface area contributed by atoms with Crippen molar-refractivity contribution in [1.82, 2.24) is 20.0 Å². The second-order valence-corrected chi connectivity index (χ2v) is 9.63. The van der Waals surface area contributed by atoms with Crippen LogP contribution >= 0.6 is 0 Å². The van der Waals surface area contributed by atoms with Crippen LogP contribution in [0.5, 0.6) is 0 Å². The van der Waals surface area contributed by atoms with Crippen molar-refractivity contribution in [2.45, 2.75) is 64.0 Å². The van der Waals surface area contributed by atoms with E-state index in [2.05, 4.69) is 10.2 Å². The number of hydrogen-bond acceptors (Lipinski definition) is 4. The summed E-state index contributed by atoms with van der Waals surface area (Å²) in [6.07, 6.45) is 7.72. The first-order valence-electron chi connectivity index (χ1n) is 11.8. The van der Waals surface area contributed by atoms with Gasteiger partial charge in [0.05, 0.1) is 6.61 Å². The number of amides is 3. The minimum Gasteiger partial charge on any atom is -0.450 e. The summed E-state index contributed by atoms with van der Waals surface area (Å²) in [6, 6.07) is 0.860. The number of hydrogen-bond donors (Lipinski definition) is 1. The number of urea groups is 1. The Labute approximate surface area is 179 Å². The summed E-state index contributed by atoms with van der Waals surface area (Å²) in [7, 11) is 0. The number of likely N-dealkylation sites (tertiary alicyclic amines) is 3.